The largest absolute Gasteiger partial charge is 0.305 e. The molecule has 1 aromatic carbocycles. The third-order valence-corrected chi connectivity index (χ3v) is 4.47. The maximum atomic E-state index is 3.80. The first-order chi connectivity index (χ1) is 9.42. The van der Waals surface area contributed by atoms with Gasteiger partial charge in [0.1, 0.15) is 0 Å². The van der Waals surface area contributed by atoms with Crippen molar-refractivity contribution in [2.75, 3.05) is 19.6 Å². The van der Waals surface area contributed by atoms with Gasteiger partial charge in [-0.05, 0) is 24.3 Å². The first-order valence-corrected chi connectivity index (χ1v) is 7.97. The van der Waals surface area contributed by atoms with Gasteiger partial charge < -0.3 is 5.32 Å². The van der Waals surface area contributed by atoms with E-state index in [0.717, 1.165) is 19.0 Å². The highest BCUT2D eigenvalue weighted by Gasteiger charge is 2.37. The van der Waals surface area contributed by atoms with E-state index in [2.05, 4.69) is 75.2 Å². The molecule has 1 fully saturated rings. The lowest BCUT2D eigenvalue weighted by Gasteiger charge is -2.48. The van der Waals surface area contributed by atoms with Gasteiger partial charge in [0.2, 0.25) is 0 Å². The molecular weight excluding hydrogens is 244 g/mol. The van der Waals surface area contributed by atoms with E-state index in [9.17, 15) is 0 Å². The molecule has 0 bridgehead atoms. The van der Waals surface area contributed by atoms with Crippen molar-refractivity contribution in [1.29, 1.82) is 0 Å². The average molecular weight is 274 g/mol. The van der Waals surface area contributed by atoms with Crippen LogP contribution in [0.1, 0.15) is 40.2 Å². The van der Waals surface area contributed by atoms with Crippen LogP contribution in [0.25, 0.3) is 0 Å². The van der Waals surface area contributed by atoms with Crippen molar-refractivity contribution >= 4 is 0 Å². The lowest BCUT2D eigenvalue weighted by Crippen LogP contribution is -2.63. The molecule has 1 aliphatic heterocycles. The highest BCUT2D eigenvalue weighted by molar-refractivity contribution is 5.25. The van der Waals surface area contributed by atoms with Crippen molar-refractivity contribution < 1.29 is 0 Å². The summed E-state index contributed by atoms with van der Waals surface area (Å²) in [6.45, 7) is 15.0. The highest BCUT2D eigenvalue weighted by Crippen LogP contribution is 2.29. The van der Waals surface area contributed by atoms with E-state index in [1.165, 1.54) is 12.1 Å². The van der Waals surface area contributed by atoms with Gasteiger partial charge in [0.25, 0.3) is 0 Å². The number of nitrogens with zero attached hydrogens (tertiary/aromatic N) is 1. The molecule has 2 rings (SSSR count). The fraction of sp³-hybridized carbons (Fsp3) is 0.667. The van der Waals surface area contributed by atoms with Crippen LogP contribution >= 0.6 is 0 Å². The maximum absolute atomic E-state index is 3.80. The molecule has 0 aliphatic carbocycles. The van der Waals surface area contributed by atoms with Gasteiger partial charge in [-0.2, -0.15) is 0 Å². The minimum absolute atomic E-state index is 0.0710. The summed E-state index contributed by atoms with van der Waals surface area (Å²) in [5.74, 6) is 1.41. The van der Waals surface area contributed by atoms with Gasteiger partial charge in [-0.3, -0.25) is 4.90 Å². The van der Waals surface area contributed by atoms with E-state index >= 15 is 0 Å². The van der Waals surface area contributed by atoms with E-state index in [4.69, 9.17) is 0 Å². The smallest absolute Gasteiger partial charge is 0.0535 e. The van der Waals surface area contributed by atoms with Crippen LogP contribution in [0.4, 0.5) is 0 Å². The Morgan fingerprint density at radius 1 is 1.20 bits per heavy atom. The zero-order valence-corrected chi connectivity index (χ0v) is 13.7. The molecule has 0 aromatic heterocycles. The Kier molecular flexibility index (Phi) is 4.87. The minimum atomic E-state index is 0.0710. The van der Waals surface area contributed by atoms with Crippen molar-refractivity contribution in [2.45, 2.75) is 46.2 Å². The number of piperazine rings is 1. The molecule has 1 heterocycles. The van der Waals surface area contributed by atoms with Crippen molar-refractivity contribution in [1.82, 2.24) is 10.2 Å². The van der Waals surface area contributed by atoms with Crippen molar-refractivity contribution in [3.8, 4) is 0 Å². The zero-order valence-electron chi connectivity index (χ0n) is 13.7. The average Bonchev–Trinajstić information content (AvgIpc) is 2.39. The van der Waals surface area contributed by atoms with Crippen LogP contribution in [0.2, 0.25) is 0 Å². The Bertz CT molecular complexity index is 413. The fourth-order valence-electron chi connectivity index (χ4n) is 3.36. The van der Waals surface area contributed by atoms with Crippen LogP contribution in [-0.2, 0) is 5.54 Å². The second kappa shape index (κ2) is 6.28. The van der Waals surface area contributed by atoms with Gasteiger partial charge in [0.15, 0.2) is 0 Å². The van der Waals surface area contributed by atoms with Crippen molar-refractivity contribution in [3.05, 3.63) is 35.9 Å². The maximum Gasteiger partial charge on any atom is 0.0535 e. The molecule has 1 aliphatic rings. The van der Waals surface area contributed by atoms with Gasteiger partial charge in [0, 0.05) is 25.7 Å². The predicted octanol–water partition coefficient (Wildman–Crippen LogP) is 3.49. The Morgan fingerprint density at radius 3 is 2.40 bits per heavy atom. The van der Waals surface area contributed by atoms with Crippen molar-refractivity contribution in [2.24, 2.45) is 11.8 Å². The van der Waals surface area contributed by atoms with E-state index in [0.29, 0.717) is 12.0 Å². The molecule has 1 aromatic rings. The van der Waals surface area contributed by atoms with Gasteiger partial charge >= 0.3 is 0 Å². The Labute approximate surface area is 124 Å². The normalized spacial score (nSPS) is 28.2. The molecule has 112 valence electrons. The van der Waals surface area contributed by atoms with Crippen LogP contribution in [0, 0.1) is 11.8 Å². The summed E-state index contributed by atoms with van der Waals surface area (Å²) < 4.78 is 0. The molecule has 0 amide bonds. The zero-order chi connectivity index (χ0) is 14.8. The number of hydrogen-bond donors (Lipinski definition) is 1. The summed E-state index contributed by atoms with van der Waals surface area (Å²) in [4.78, 5) is 2.69. The first-order valence-electron chi connectivity index (χ1n) is 7.97. The van der Waals surface area contributed by atoms with Crippen LogP contribution in [0.3, 0.4) is 0 Å². The van der Waals surface area contributed by atoms with E-state index in [1.54, 1.807) is 0 Å². The summed E-state index contributed by atoms with van der Waals surface area (Å²) in [5.41, 5.74) is 1.47. The molecule has 0 radical (unpaired) electrons. The van der Waals surface area contributed by atoms with E-state index in [1.807, 2.05) is 0 Å². The number of benzene rings is 1. The SMILES string of the molecule is CC(C)CN1CC(C)(c2ccccc2)NCC1C(C)C. The van der Waals surface area contributed by atoms with Gasteiger partial charge in [-0.15, -0.1) is 0 Å². The Balaban J connectivity index is 2.19. The monoisotopic (exact) mass is 274 g/mol. The van der Waals surface area contributed by atoms with Crippen LogP contribution in [0.15, 0.2) is 30.3 Å². The number of hydrogen-bond acceptors (Lipinski definition) is 2. The van der Waals surface area contributed by atoms with Crippen LogP contribution in [-0.4, -0.2) is 30.6 Å². The van der Waals surface area contributed by atoms with Gasteiger partial charge in [-0.25, -0.2) is 0 Å². The summed E-state index contributed by atoms with van der Waals surface area (Å²) >= 11 is 0. The molecule has 0 spiro atoms. The fourth-order valence-corrected chi connectivity index (χ4v) is 3.36. The summed E-state index contributed by atoms with van der Waals surface area (Å²) in [7, 11) is 0. The van der Waals surface area contributed by atoms with E-state index < -0.39 is 0 Å². The second-order valence-electron chi connectivity index (χ2n) is 7.21. The Hall–Kier alpha value is -0.860. The lowest BCUT2D eigenvalue weighted by molar-refractivity contribution is 0.0514. The molecule has 0 saturated carbocycles. The minimum Gasteiger partial charge on any atom is -0.305 e. The molecule has 2 unspecified atom stereocenters. The van der Waals surface area contributed by atoms with Crippen molar-refractivity contribution in [3.63, 3.8) is 0 Å². The van der Waals surface area contributed by atoms with Gasteiger partial charge in [0.05, 0.1) is 5.54 Å². The van der Waals surface area contributed by atoms with Gasteiger partial charge in [-0.1, -0.05) is 58.0 Å². The summed E-state index contributed by atoms with van der Waals surface area (Å²) in [5, 5.41) is 3.80. The van der Waals surface area contributed by atoms with Crippen LogP contribution in [0.5, 0.6) is 0 Å². The van der Waals surface area contributed by atoms with E-state index in [-0.39, 0.29) is 5.54 Å². The molecular formula is C18H30N2. The third-order valence-electron chi connectivity index (χ3n) is 4.47. The molecule has 2 nitrogen and oxygen atoms in total. The number of rotatable bonds is 4. The molecule has 2 atom stereocenters. The molecule has 2 heteroatoms. The second-order valence-corrected chi connectivity index (χ2v) is 7.21. The quantitative estimate of drug-likeness (QED) is 0.904. The summed E-state index contributed by atoms with van der Waals surface area (Å²) in [6, 6.07) is 11.5. The topological polar surface area (TPSA) is 15.3 Å². The molecule has 1 N–H and O–H groups in total. The number of nitrogens with one attached hydrogen (secondary N) is 1. The molecule has 1 saturated heterocycles. The highest BCUT2D eigenvalue weighted by atomic mass is 15.3. The third kappa shape index (κ3) is 3.42. The standard InChI is InChI=1S/C18H30N2/c1-14(2)12-20-13-18(5,16-9-7-6-8-10-16)19-11-17(20)15(3)4/h6-10,14-15,17,19H,11-13H2,1-5H3. The lowest BCUT2D eigenvalue weighted by atomic mass is 9.85. The van der Waals surface area contributed by atoms with Crippen LogP contribution < -0.4 is 5.32 Å². The summed E-state index contributed by atoms with van der Waals surface area (Å²) in [6.07, 6.45) is 0. The predicted molar refractivity (Wildman–Crippen MR) is 86.8 cm³/mol. The molecule has 20 heavy (non-hydrogen) atoms. The first kappa shape index (κ1) is 15.5. The Morgan fingerprint density at radius 2 is 1.85 bits per heavy atom.